The lowest BCUT2D eigenvalue weighted by molar-refractivity contribution is -0.126. The maximum absolute atomic E-state index is 12.9. The number of nitrogens with zero attached hydrogens (tertiary/aromatic N) is 2. The molecule has 0 radical (unpaired) electrons. The van der Waals surface area contributed by atoms with Crippen molar-refractivity contribution < 1.29 is 13.2 Å². The number of amides is 1. The number of hydrogen-bond acceptors (Lipinski definition) is 4. The van der Waals surface area contributed by atoms with Crippen LogP contribution >= 0.6 is 0 Å². The van der Waals surface area contributed by atoms with Crippen molar-refractivity contribution in [3.05, 3.63) is 71.3 Å². The van der Waals surface area contributed by atoms with E-state index in [1.165, 1.54) is 37.7 Å². The number of hydrogen-bond donors (Lipinski definition) is 1. The first-order chi connectivity index (χ1) is 16.9. The van der Waals surface area contributed by atoms with Gasteiger partial charge in [0.1, 0.15) is 0 Å². The lowest BCUT2D eigenvalue weighted by Crippen LogP contribution is -2.43. The van der Waals surface area contributed by atoms with E-state index in [-0.39, 0.29) is 17.6 Å². The summed E-state index contributed by atoms with van der Waals surface area (Å²) in [5, 5.41) is 3.13. The largest absolute Gasteiger partial charge is 0.352 e. The smallest absolute Gasteiger partial charge is 0.223 e. The van der Waals surface area contributed by atoms with Gasteiger partial charge in [-0.25, -0.2) is 12.7 Å². The molecule has 0 bridgehead atoms. The van der Waals surface area contributed by atoms with Crippen molar-refractivity contribution in [2.75, 3.05) is 20.1 Å². The molecule has 2 aliphatic rings. The second-order valence-corrected chi connectivity index (χ2v) is 12.1. The monoisotopic (exact) mass is 497 g/mol. The first kappa shape index (κ1) is 25.9. The highest BCUT2D eigenvalue weighted by molar-refractivity contribution is 7.88. The Labute approximate surface area is 210 Å². The van der Waals surface area contributed by atoms with Gasteiger partial charge in [-0.2, -0.15) is 0 Å². The average Bonchev–Trinajstić information content (AvgIpc) is 2.89. The van der Waals surface area contributed by atoms with Gasteiger partial charge in [0.25, 0.3) is 0 Å². The summed E-state index contributed by atoms with van der Waals surface area (Å²) < 4.78 is 27.1. The average molecular weight is 498 g/mol. The van der Waals surface area contributed by atoms with Crippen LogP contribution in [-0.2, 0) is 33.7 Å². The summed E-state index contributed by atoms with van der Waals surface area (Å²) in [5.41, 5.74) is 3.22. The highest BCUT2D eigenvalue weighted by Crippen LogP contribution is 2.24. The van der Waals surface area contributed by atoms with Crippen molar-refractivity contribution in [3.63, 3.8) is 0 Å². The van der Waals surface area contributed by atoms with Crippen molar-refractivity contribution in [2.24, 2.45) is 5.92 Å². The Bertz CT molecular complexity index is 1060. The molecule has 1 saturated heterocycles. The lowest BCUT2D eigenvalue weighted by atomic mass is 9.94. The van der Waals surface area contributed by atoms with Gasteiger partial charge in [-0.3, -0.25) is 9.69 Å². The SMILES string of the molecule is CN(Cc1ccccc1CNC(=O)C1CCN(S(=O)(=O)Cc2ccccc2)CC1)C1CCCCC1. The van der Waals surface area contributed by atoms with Crippen LogP contribution in [0.1, 0.15) is 61.6 Å². The van der Waals surface area contributed by atoms with Crippen LogP contribution < -0.4 is 5.32 Å². The Morgan fingerprint density at radius 2 is 1.54 bits per heavy atom. The summed E-state index contributed by atoms with van der Waals surface area (Å²) in [7, 11) is -1.16. The summed E-state index contributed by atoms with van der Waals surface area (Å²) in [6.45, 7) is 2.21. The molecule has 6 nitrogen and oxygen atoms in total. The van der Waals surface area contributed by atoms with Gasteiger partial charge in [-0.05, 0) is 49.4 Å². The van der Waals surface area contributed by atoms with E-state index in [1.807, 2.05) is 36.4 Å². The molecule has 1 heterocycles. The molecule has 4 rings (SSSR count). The van der Waals surface area contributed by atoms with Crippen LogP contribution in [0.2, 0.25) is 0 Å². The second kappa shape index (κ2) is 12.2. The van der Waals surface area contributed by atoms with Gasteiger partial charge in [0.15, 0.2) is 0 Å². The van der Waals surface area contributed by atoms with Crippen molar-refractivity contribution in [1.29, 1.82) is 0 Å². The Balaban J connectivity index is 1.27. The van der Waals surface area contributed by atoms with Crippen LogP contribution in [0.4, 0.5) is 0 Å². The third kappa shape index (κ3) is 7.15. The highest BCUT2D eigenvalue weighted by Gasteiger charge is 2.31. The molecule has 2 aromatic rings. The molecule has 2 aromatic carbocycles. The van der Waals surface area contributed by atoms with Gasteiger partial charge in [0.05, 0.1) is 5.75 Å². The van der Waals surface area contributed by atoms with Gasteiger partial charge in [0, 0.05) is 38.1 Å². The number of nitrogens with one attached hydrogen (secondary N) is 1. The van der Waals surface area contributed by atoms with Crippen molar-refractivity contribution >= 4 is 15.9 Å². The quantitative estimate of drug-likeness (QED) is 0.561. The van der Waals surface area contributed by atoms with E-state index in [1.54, 1.807) is 4.31 Å². The standard InChI is InChI=1S/C28H39N3O3S/c1-30(27-14-6-3-7-15-27)21-26-13-9-8-12-25(26)20-29-28(32)24-16-18-31(19-17-24)35(33,34)22-23-10-4-2-5-11-23/h2,4-5,8-13,24,27H,3,6-7,14-22H2,1H3,(H,29,32). The normalized spacial score (nSPS) is 18.6. The van der Waals surface area contributed by atoms with E-state index in [9.17, 15) is 13.2 Å². The third-order valence-corrected chi connectivity index (χ3v) is 9.45. The summed E-state index contributed by atoms with van der Waals surface area (Å²) in [5.74, 6) is -0.104. The third-order valence-electron chi connectivity index (χ3n) is 7.60. The fraction of sp³-hybridized carbons (Fsp3) is 0.536. The molecular formula is C28H39N3O3S. The molecule has 35 heavy (non-hydrogen) atoms. The first-order valence-corrected chi connectivity index (χ1v) is 14.6. The molecule has 7 heteroatoms. The lowest BCUT2D eigenvalue weighted by Gasteiger charge is -2.32. The van der Waals surface area contributed by atoms with Gasteiger partial charge >= 0.3 is 0 Å². The molecule has 1 aliphatic heterocycles. The van der Waals surface area contributed by atoms with E-state index in [2.05, 4.69) is 35.5 Å². The predicted molar refractivity (Wildman–Crippen MR) is 140 cm³/mol. The fourth-order valence-electron chi connectivity index (χ4n) is 5.40. The van der Waals surface area contributed by atoms with Crippen molar-refractivity contribution in [2.45, 2.75) is 69.8 Å². The van der Waals surface area contributed by atoms with Crippen molar-refractivity contribution in [1.82, 2.24) is 14.5 Å². The van der Waals surface area contributed by atoms with E-state index >= 15 is 0 Å². The van der Waals surface area contributed by atoms with Crippen LogP contribution in [0.5, 0.6) is 0 Å². The minimum absolute atomic E-state index is 0.0107. The zero-order chi connectivity index (χ0) is 24.7. The molecule has 1 amide bonds. The molecule has 0 spiro atoms. The molecule has 0 atom stereocenters. The Morgan fingerprint density at radius 3 is 2.23 bits per heavy atom. The van der Waals surface area contributed by atoms with Crippen molar-refractivity contribution in [3.8, 4) is 0 Å². The minimum Gasteiger partial charge on any atom is -0.352 e. The van der Waals surface area contributed by atoms with E-state index < -0.39 is 10.0 Å². The Morgan fingerprint density at radius 1 is 0.914 bits per heavy atom. The molecule has 1 N–H and O–H groups in total. The number of carbonyl (C=O) groups excluding carboxylic acids is 1. The second-order valence-electron chi connectivity index (χ2n) is 10.1. The molecule has 1 saturated carbocycles. The topological polar surface area (TPSA) is 69.7 Å². The van der Waals surface area contributed by atoms with Crippen LogP contribution in [-0.4, -0.2) is 49.7 Å². The molecule has 190 valence electrons. The molecule has 0 aromatic heterocycles. The minimum atomic E-state index is -3.37. The number of sulfonamides is 1. The Kier molecular flexibility index (Phi) is 8.98. The summed E-state index contributed by atoms with van der Waals surface area (Å²) >= 11 is 0. The van der Waals surface area contributed by atoms with Gasteiger partial charge in [0.2, 0.25) is 15.9 Å². The zero-order valence-electron chi connectivity index (χ0n) is 20.9. The summed E-state index contributed by atoms with van der Waals surface area (Å²) in [6, 6.07) is 18.3. The maximum atomic E-state index is 12.9. The van der Waals surface area contributed by atoms with Gasteiger partial charge in [-0.1, -0.05) is 73.9 Å². The first-order valence-electron chi connectivity index (χ1n) is 13.0. The van der Waals surface area contributed by atoms with E-state index in [0.717, 1.165) is 17.7 Å². The van der Waals surface area contributed by atoms with Crippen LogP contribution in [0.3, 0.4) is 0 Å². The molecule has 2 fully saturated rings. The molecule has 1 aliphatic carbocycles. The van der Waals surface area contributed by atoms with E-state index in [4.69, 9.17) is 0 Å². The number of carbonyl (C=O) groups is 1. The molecular weight excluding hydrogens is 458 g/mol. The number of piperidine rings is 1. The van der Waals surface area contributed by atoms with Gasteiger partial charge < -0.3 is 5.32 Å². The van der Waals surface area contributed by atoms with Gasteiger partial charge in [-0.15, -0.1) is 0 Å². The van der Waals surface area contributed by atoms with E-state index in [0.29, 0.717) is 38.5 Å². The molecule has 0 unspecified atom stereocenters. The summed E-state index contributed by atoms with van der Waals surface area (Å²) in [4.78, 5) is 15.4. The van der Waals surface area contributed by atoms with Crippen LogP contribution in [0.25, 0.3) is 0 Å². The maximum Gasteiger partial charge on any atom is 0.223 e. The predicted octanol–water partition coefficient (Wildman–Crippen LogP) is 4.31. The van der Waals surface area contributed by atoms with Crippen LogP contribution in [0.15, 0.2) is 54.6 Å². The Hall–Kier alpha value is -2.22. The number of benzene rings is 2. The number of rotatable bonds is 9. The summed E-state index contributed by atoms with van der Waals surface area (Å²) in [6.07, 6.45) is 7.66. The fourth-order valence-corrected chi connectivity index (χ4v) is 6.97. The van der Waals surface area contributed by atoms with Crippen LogP contribution in [0, 0.1) is 5.92 Å². The zero-order valence-corrected chi connectivity index (χ0v) is 21.7. The highest BCUT2D eigenvalue weighted by atomic mass is 32.2.